The first kappa shape index (κ1) is 16.5. The predicted octanol–water partition coefficient (Wildman–Crippen LogP) is 4.71. The average Bonchev–Trinajstić information content (AvgIpc) is 2.90. The van der Waals surface area contributed by atoms with Crippen molar-refractivity contribution < 1.29 is 9.84 Å². The Labute approximate surface area is 153 Å². The van der Waals surface area contributed by atoms with Crippen LogP contribution < -0.4 is 0 Å². The van der Waals surface area contributed by atoms with Gasteiger partial charge in [-0.2, -0.15) is 0 Å². The topological polar surface area (TPSA) is 83.2 Å². The number of hydrogen-bond acceptors (Lipinski definition) is 3. The first-order valence-electron chi connectivity index (χ1n) is 7.79. The van der Waals surface area contributed by atoms with Gasteiger partial charge in [0.25, 0.3) is 0 Å². The second-order valence-corrected chi connectivity index (χ2v) is 6.93. The highest BCUT2D eigenvalue weighted by molar-refractivity contribution is 6.33. The molecule has 128 valence electrons. The van der Waals surface area contributed by atoms with Crippen LogP contribution in [0, 0.1) is 0 Å². The Balaban J connectivity index is 1.98. The van der Waals surface area contributed by atoms with Crippen molar-refractivity contribution in [1.82, 2.24) is 4.57 Å². The van der Waals surface area contributed by atoms with Gasteiger partial charge in [-0.05, 0) is 41.9 Å². The van der Waals surface area contributed by atoms with Crippen molar-refractivity contribution in [3.63, 3.8) is 0 Å². The third-order valence-electron chi connectivity index (χ3n) is 4.62. The van der Waals surface area contributed by atoms with Gasteiger partial charge in [-0.1, -0.05) is 28.3 Å². The van der Waals surface area contributed by atoms with Gasteiger partial charge < -0.3 is 14.4 Å². The van der Waals surface area contributed by atoms with Crippen molar-refractivity contribution >= 4 is 45.0 Å². The van der Waals surface area contributed by atoms with E-state index in [0.717, 1.165) is 21.8 Å². The number of nitrogens with zero attached hydrogens (tertiary/aromatic N) is 4. The van der Waals surface area contributed by atoms with Crippen molar-refractivity contribution in [2.45, 2.75) is 18.2 Å². The number of aliphatic hydroxyl groups excluding tert-OH is 1. The Morgan fingerprint density at radius 1 is 1.08 bits per heavy atom. The molecule has 0 spiro atoms. The summed E-state index contributed by atoms with van der Waals surface area (Å²) in [4.78, 5) is 2.81. The molecule has 1 saturated heterocycles. The van der Waals surface area contributed by atoms with Gasteiger partial charge in [-0.3, -0.25) is 0 Å². The quantitative estimate of drug-likeness (QED) is 0.398. The number of ether oxygens (including phenoxy) is 1. The number of azide groups is 1. The molecule has 1 aliphatic rings. The van der Waals surface area contributed by atoms with Crippen LogP contribution in [0.15, 0.2) is 41.5 Å². The molecule has 0 amide bonds. The lowest BCUT2D eigenvalue weighted by atomic mass is 10.0. The van der Waals surface area contributed by atoms with E-state index in [1.807, 2.05) is 41.0 Å². The summed E-state index contributed by atoms with van der Waals surface area (Å²) in [5.74, 6) is 0. The Morgan fingerprint density at radius 2 is 1.68 bits per heavy atom. The molecule has 0 saturated carbocycles. The van der Waals surface area contributed by atoms with Crippen LogP contribution in [-0.2, 0) is 4.74 Å². The molecule has 1 N–H and O–H groups in total. The standard InChI is InChI=1S/C17H14Cl2N4O2/c18-9-1-3-14-11(5-9)12-6-10(19)2-4-15(12)23(14)16-8-25-7-13(17(16)24)21-22-20/h1-6,13,16-17,24H,7-8H2/t13-,16+,17+/m1/s1. The summed E-state index contributed by atoms with van der Waals surface area (Å²) < 4.78 is 7.60. The van der Waals surface area contributed by atoms with Crippen LogP contribution in [0.3, 0.4) is 0 Å². The smallest absolute Gasteiger partial charge is 0.0888 e. The highest BCUT2D eigenvalue weighted by atomic mass is 35.5. The van der Waals surface area contributed by atoms with Gasteiger partial charge >= 0.3 is 0 Å². The molecule has 3 atom stereocenters. The summed E-state index contributed by atoms with van der Waals surface area (Å²) in [5, 5.41) is 17.5. The molecule has 8 heteroatoms. The Kier molecular flexibility index (Phi) is 4.23. The number of aromatic nitrogens is 1. The fourth-order valence-corrected chi connectivity index (χ4v) is 3.86. The normalized spacial score (nSPS) is 23.7. The van der Waals surface area contributed by atoms with E-state index >= 15 is 0 Å². The molecule has 0 aliphatic carbocycles. The summed E-state index contributed by atoms with van der Waals surface area (Å²) in [5.41, 5.74) is 10.5. The molecule has 1 aromatic heterocycles. The molecule has 6 nitrogen and oxygen atoms in total. The lowest BCUT2D eigenvalue weighted by molar-refractivity contribution is -0.0413. The minimum absolute atomic E-state index is 0.205. The van der Waals surface area contributed by atoms with Crippen molar-refractivity contribution in [1.29, 1.82) is 0 Å². The van der Waals surface area contributed by atoms with Crippen LogP contribution in [0.25, 0.3) is 32.2 Å². The summed E-state index contributed by atoms with van der Waals surface area (Å²) in [7, 11) is 0. The fraction of sp³-hybridized carbons (Fsp3) is 0.294. The number of benzene rings is 2. The minimum Gasteiger partial charge on any atom is -0.390 e. The second kappa shape index (κ2) is 6.41. The van der Waals surface area contributed by atoms with E-state index < -0.39 is 12.1 Å². The van der Waals surface area contributed by atoms with Crippen LogP contribution in [0.5, 0.6) is 0 Å². The average molecular weight is 377 g/mol. The molecule has 2 heterocycles. The highest BCUT2D eigenvalue weighted by Crippen LogP contribution is 2.37. The van der Waals surface area contributed by atoms with Gasteiger partial charge in [0, 0.05) is 36.8 Å². The lowest BCUT2D eigenvalue weighted by Gasteiger charge is -2.34. The molecule has 0 bridgehead atoms. The molecule has 0 radical (unpaired) electrons. The highest BCUT2D eigenvalue weighted by Gasteiger charge is 2.34. The zero-order chi connectivity index (χ0) is 17.6. The van der Waals surface area contributed by atoms with Crippen LogP contribution in [0.4, 0.5) is 0 Å². The van der Waals surface area contributed by atoms with Gasteiger partial charge in [-0.25, -0.2) is 0 Å². The van der Waals surface area contributed by atoms with Gasteiger partial charge in [0.05, 0.1) is 31.4 Å². The second-order valence-electron chi connectivity index (χ2n) is 6.06. The summed E-state index contributed by atoms with van der Waals surface area (Å²) >= 11 is 12.4. The van der Waals surface area contributed by atoms with E-state index in [1.165, 1.54) is 0 Å². The Hall–Kier alpha value is -1.95. The zero-order valence-corrected chi connectivity index (χ0v) is 14.5. The first-order chi connectivity index (χ1) is 12.1. The first-order valence-corrected chi connectivity index (χ1v) is 8.54. The summed E-state index contributed by atoms with van der Waals surface area (Å²) in [6.45, 7) is 0.527. The molecule has 3 aromatic rings. The largest absolute Gasteiger partial charge is 0.390 e. The van der Waals surface area contributed by atoms with Crippen LogP contribution in [0.1, 0.15) is 6.04 Å². The van der Waals surface area contributed by atoms with E-state index in [-0.39, 0.29) is 12.6 Å². The molecule has 2 aromatic carbocycles. The van der Waals surface area contributed by atoms with Crippen LogP contribution >= 0.6 is 23.2 Å². The molecule has 25 heavy (non-hydrogen) atoms. The van der Waals surface area contributed by atoms with Crippen LogP contribution in [-0.4, -0.2) is 35.0 Å². The van der Waals surface area contributed by atoms with E-state index in [1.54, 1.807) is 0 Å². The zero-order valence-electron chi connectivity index (χ0n) is 13.0. The van der Waals surface area contributed by atoms with Crippen molar-refractivity contribution in [3.05, 3.63) is 56.9 Å². The Morgan fingerprint density at radius 3 is 2.24 bits per heavy atom. The molecular weight excluding hydrogens is 363 g/mol. The molecular formula is C17H14Cl2N4O2. The van der Waals surface area contributed by atoms with Gasteiger partial charge in [0.2, 0.25) is 0 Å². The number of halogens is 2. The van der Waals surface area contributed by atoms with Gasteiger partial charge in [-0.15, -0.1) is 0 Å². The summed E-state index contributed by atoms with van der Waals surface area (Å²) in [6.07, 6.45) is -0.852. The monoisotopic (exact) mass is 376 g/mol. The minimum atomic E-state index is -0.852. The van der Waals surface area contributed by atoms with Gasteiger partial charge in [0.15, 0.2) is 0 Å². The molecule has 0 unspecified atom stereocenters. The third kappa shape index (κ3) is 2.72. The van der Waals surface area contributed by atoms with Crippen molar-refractivity contribution in [2.75, 3.05) is 13.2 Å². The van der Waals surface area contributed by atoms with E-state index in [2.05, 4.69) is 10.0 Å². The van der Waals surface area contributed by atoms with E-state index in [4.69, 9.17) is 33.5 Å². The van der Waals surface area contributed by atoms with Crippen LogP contribution in [0.2, 0.25) is 10.0 Å². The Bertz CT molecular complexity index is 953. The maximum absolute atomic E-state index is 10.7. The molecule has 1 fully saturated rings. The number of fused-ring (bicyclic) bond motifs is 3. The van der Waals surface area contributed by atoms with E-state index in [9.17, 15) is 5.11 Å². The maximum atomic E-state index is 10.7. The molecule has 1 aliphatic heterocycles. The third-order valence-corrected chi connectivity index (χ3v) is 5.09. The fourth-order valence-electron chi connectivity index (χ4n) is 3.51. The number of hydrogen-bond donors (Lipinski definition) is 1. The number of rotatable bonds is 2. The van der Waals surface area contributed by atoms with Crippen molar-refractivity contribution in [3.8, 4) is 0 Å². The maximum Gasteiger partial charge on any atom is 0.0888 e. The molecule has 4 rings (SSSR count). The lowest BCUT2D eigenvalue weighted by Crippen LogP contribution is -2.43. The predicted molar refractivity (Wildman–Crippen MR) is 98.3 cm³/mol. The number of aliphatic hydroxyl groups is 1. The summed E-state index contributed by atoms with van der Waals surface area (Å²) in [6, 6.07) is 10.2. The SMILES string of the molecule is [N-]=[N+]=N[C@@H]1COC[C@H](n2c3ccc(Cl)cc3c3cc(Cl)ccc32)[C@H]1O. The van der Waals surface area contributed by atoms with Gasteiger partial charge in [0.1, 0.15) is 0 Å². The van der Waals surface area contributed by atoms with E-state index in [0.29, 0.717) is 16.7 Å². The van der Waals surface area contributed by atoms with Crippen molar-refractivity contribution in [2.24, 2.45) is 5.11 Å².